The van der Waals surface area contributed by atoms with Crippen LogP contribution in [-0.2, 0) is 27.9 Å². The summed E-state index contributed by atoms with van der Waals surface area (Å²) in [6, 6.07) is 85.6. The van der Waals surface area contributed by atoms with Gasteiger partial charge in [0.15, 0.2) is 0 Å². The molecular weight excluding hydrogens is 1230 g/mol. The molecule has 3 aliphatic rings. The molecule has 3 aliphatic heterocycles. The highest BCUT2D eigenvalue weighted by Gasteiger charge is 2.54. The topological polar surface area (TPSA) is 55.4 Å². The van der Waals surface area contributed by atoms with Gasteiger partial charge in [-0.2, -0.15) is 0 Å². The molecule has 3 saturated heterocycles. The first-order valence-corrected chi connectivity index (χ1v) is 35.8. The Kier molecular flexibility index (Phi) is 15.3. The molecule has 12 aromatic carbocycles. The monoisotopic (exact) mass is 1310 g/mol. The van der Waals surface area contributed by atoms with Crippen LogP contribution in [0.15, 0.2) is 237 Å². The van der Waals surface area contributed by atoms with E-state index in [0.717, 1.165) is 22.0 Å². The summed E-state index contributed by atoms with van der Waals surface area (Å²) in [5.41, 5.74) is 8.32. The van der Waals surface area contributed by atoms with Crippen LogP contribution in [0.4, 0.5) is 0 Å². The van der Waals surface area contributed by atoms with E-state index < -0.39 is 7.12 Å². The molecule has 0 bridgehead atoms. The van der Waals surface area contributed by atoms with Crippen molar-refractivity contribution in [3.8, 4) is 33.4 Å². The van der Waals surface area contributed by atoms with E-state index in [9.17, 15) is 0 Å². The van der Waals surface area contributed by atoms with Gasteiger partial charge < -0.3 is 27.9 Å². The number of thiophene rings is 3. The maximum Gasteiger partial charge on any atom is 0.495 e. The molecule has 0 amide bonds. The summed E-state index contributed by atoms with van der Waals surface area (Å²) in [7, 11) is -1.07. The lowest BCUT2D eigenvalue weighted by atomic mass is 9.74. The van der Waals surface area contributed by atoms with Crippen LogP contribution in [0.5, 0.6) is 0 Å². The van der Waals surface area contributed by atoms with Gasteiger partial charge >= 0.3 is 21.4 Å². The third kappa shape index (κ3) is 11.1. The first-order chi connectivity index (χ1) is 46.0. The lowest BCUT2D eigenvalue weighted by molar-refractivity contribution is 0.00578. The molecule has 6 nitrogen and oxygen atoms in total. The molecule has 0 saturated carbocycles. The smallest absolute Gasteiger partial charge is 0.399 e. The number of rotatable bonds is 6. The Balaban J connectivity index is 0.000000113. The van der Waals surface area contributed by atoms with Crippen LogP contribution in [0, 0.1) is 0 Å². The molecule has 15 aromatic rings. The van der Waals surface area contributed by atoms with Crippen LogP contribution in [0.1, 0.15) is 83.1 Å². The fraction of sp³-hybridized carbons (Fsp3) is 0.214. The molecule has 3 aromatic heterocycles. The lowest BCUT2D eigenvalue weighted by Gasteiger charge is -2.32. The number of benzene rings is 12. The minimum Gasteiger partial charge on any atom is -0.399 e. The first-order valence-electron chi connectivity index (χ1n) is 33.4. The summed E-state index contributed by atoms with van der Waals surface area (Å²) in [5, 5.41) is 15.6. The zero-order valence-electron chi connectivity index (χ0n) is 56.4. The molecular formula is C84H75B3O6S3. The van der Waals surface area contributed by atoms with Gasteiger partial charge in [-0.05, 0) is 226 Å². The van der Waals surface area contributed by atoms with Crippen molar-refractivity contribution in [3.05, 3.63) is 237 Å². The van der Waals surface area contributed by atoms with E-state index in [1.165, 1.54) is 121 Å². The Morgan fingerprint density at radius 1 is 0.229 bits per heavy atom. The minimum atomic E-state index is -0.392. The summed E-state index contributed by atoms with van der Waals surface area (Å²) in [5.74, 6) is 0. The van der Waals surface area contributed by atoms with Crippen molar-refractivity contribution in [3.63, 3.8) is 0 Å². The zero-order chi connectivity index (χ0) is 66.3. The van der Waals surface area contributed by atoms with Gasteiger partial charge in [0.25, 0.3) is 0 Å². The van der Waals surface area contributed by atoms with Gasteiger partial charge in [-0.25, -0.2) is 0 Å². The average Bonchev–Trinajstić information content (AvgIpc) is 1.55. The van der Waals surface area contributed by atoms with Crippen LogP contribution in [-0.4, -0.2) is 55.0 Å². The van der Waals surface area contributed by atoms with Gasteiger partial charge in [0.05, 0.1) is 33.6 Å². The molecule has 0 N–H and O–H groups in total. The average molecular weight is 1310 g/mol. The van der Waals surface area contributed by atoms with Crippen LogP contribution >= 0.6 is 34.0 Å². The summed E-state index contributed by atoms with van der Waals surface area (Å²) >= 11 is 5.59. The van der Waals surface area contributed by atoms with Crippen molar-refractivity contribution < 1.29 is 27.9 Å². The molecule has 12 heteroatoms. The Morgan fingerprint density at radius 2 is 0.625 bits per heavy atom. The summed E-state index contributed by atoms with van der Waals surface area (Å²) < 4.78 is 45.8. The van der Waals surface area contributed by atoms with Crippen LogP contribution < -0.4 is 16.4 Å². The molecule has 474 valence electrons. The molecule has 0 aliphatic carbocycles. The fourth-order valence-corrected chi connectivity index (χ4v) is 17.0. The van der Waals surface area contributed by atoms with E-state index in [4.69, 9.17) is 27.9 Å². The van der Waals surface area contributed by atoms with E-state index in [1.807, 2.05) is 34.0 Å². The molecule has 0 atom stereocenters. The maximum absolute atomic E-state index is 6.42. The molecule has 18 rings (SSSR count). The van der Waals surface area contributed by atoms with Gasteiger partial charge in [-0.3, -0.25) is 0 Å². The van der Waals surface area contributed by atoms with Crippen molar-refractivity contribution >= 4 is 165 Å². The summed E-state index contributed by atoms with van der Waals surface area (Å²) in [6.07, 6.45) is 0. The van der Waals surface area contributed by atoms with E-state index in [1.54, 1.807) is 0 Å². The second kappa shape index (κ2) is 23.4. The lowest BCUT2D eigenvalue weighted by Crippen LogP contribution is -2.41. The molecule has 0 radical (unpaired) electrons. The van der Waals surface area contributed by atoms with E-state index in [0.29, 0.717) is 0 Å². The van der Waals surface area contributed by atoms with Gasteiger partial charge in [0.1, 0.15) is 0 Å². The Bertz CT molecular complexity index is 5520. The van der Waals surface area contributed by atoms with Gasteiger partial charge in [0.2, 0.25) is 0 Å². The fourth-order valence-electron chi connectivity index (χ4n) is 13.6. The molecule has 3 fully saturated rings. The van der Waals surface area contributed by atoms with Crippen molar-refractivity contribution in [2.75, 3.05) is 0 Å². The first kappa shape index (κ1) is 62.8. The predicted molar refractivity (Wildman–Crippen MR) is 414 cm³/mol. The highest BCUT2D eigenvalue weighted by Crippen LogP contribution is 2.45. The van der Waals surface area contributed by atoms with E-state index in [-0.39, 0.29) is 47.8 Å². The molecule has 0 spiro atoms. The molecule has 0 unspecified atom stereocenters. The SMILES string of the molecule is CC1(C)OB(c2ccc(-c3ccc4c(c3)sc3cc5ccccc5cc34)cc2)OC1(C)C.CC1(C)OB(c2cccc(-c3ccc4sc5cc6ccccc6cc5c4c3)c2)OC1(C)C.CC1(C)OB(c2ccccc2-c2cccc3cc4sc5ccccc5c4cc23)OC1(C)C. The zero-order valence-corrected chi connectivity index (χ0v) is 58.9. The van der Waals surface area contributed by atoms with Crippen molar-refractivity contribution in [2.24, 2.45) is 0 Å². The van der Waals surface area contributed by atoms with Crippen molar-refractivity contribution in [1.29, 1.82) is 0 Å². The predicted octanol–water partition coefficient (Wildman–Crippen LogP) is 21.5. The third-order valence-corrected chi connectivity index (χ3v) is 24.7. The van der Waals surface area contributed by atoms with E-state index in [2.05, 4.69) is 320 Å². The second-order valence-electron chi connectivity index (χ2n) is 29.1. The van der Waals surface area contributed by atoms with Crippen LogP contribution in [0.25, 0.3) is 126 Å². The molecule has 6 heterocycles. The number of fused-ring (bicyclic) bond motifs is 12. The third-order valence-electron chi connectivity index (χ3n) is 21.3. The second-order valence-corrected chi connectivity index (χ2v) is 32.3. The highest BCUT2D eigenvalue weighted by molar-refractivity contribution is 7.26. The summed E-state index contributed by atoms with van der Waals surface area (Å²) in [6.45, 7) is 25.1. The standard InChI is InChI=1S/3C28H25BO2S/c1-27(2)28(3,4)31-29(30-27)24-14-7-5-11-20(24)19-13-9-10-18-16-26-23(17-22(18)19)21-12-6-8-15-25(21)32-26;1-27(2)28(3,4)31-29(30-27)22-11-7-10-18(14-22)21-12-13-25-23(16-21)24-15-19-8-5-6-9-20(19)17-26(24)32-25;1-27(2)28(3,4)31-29(30-27)22-12-9-18(10-13-22)21-11-14-23-24-15-19-7-5-6-8-20(19)16-26(24)32-25(23)17-21/h3*5-17H,1-4H3. The molecule has 96 heavy (non-hydrogen) atoms. The largest absolute Gasteiger partial charge is 0.495 e. The Morgan fingerprint density at radius 3 is 1.25 bits per heavy atom. The van der Waals surface area contributed by atoms with Gasteiger partial charge in [-0.1, -0.05) is 176 Å². The quantitative estimate of drug-likeness (QED) is 0.155. The Labute approximate surface area is 575 Å². The van der Waals surface area contributed by atoms with Gasteiger partial charge in [0, 0.05) is 60.5 Å². The van der Waals surface area contributed by atoms with Gasteiger partial charge in [-0.15, -0.1) is 34.0 Å². The van der Waals surface area contributed by atoms with Crippen molar-refractivity contribution in [2.45, 2.75) is 117 Å². The Hall–Kier alpha value is -7.97. The number of hydrogen-bond acceptors (Lipinski definition) is 9. The maximum atomic E-state index is 6.42. The minimum absolute atomic E-state index is 0.326. The normalized spacial score (nSPS) is 17.6. The van der Waals surface area contributed by atoms with Crippen molar-refractivity contribution in [1.82, 2.24) is 0 Å². The number of hydrogen-bond donors (Lipinski definition) is 0. The highest BCUT2D eigenvalue weighted by atomic mass is 32.1. The van der Waals surface area contributed by atoms with Crippen LogP contribution in [0.3, 0.4) is 0 Å². The van der Waals surface area contributed by atoms with Crippen LogP contribution in [0.2, 0.25) is 0 Å². The summed E-state index contributed by atoms with van der Waals surface area (Å²) in [4.78, 5) is 0. The van der Waals surface area contributed by atoms with E-state index >= 15 is 0 Å².